The number of nitrogens with two attached hydrogens (primary N) is 1. The third-order valence-corrected chi connectivity index (χ3v) is 2.83. The van der Waals surface area contributed by atoms with Gasteiger partial charge in [-0.2, -0.15) is 0 Å². The number of anilines is 2. The topological polar surface area (TPSA) is 67.5 Å². The highest BCUT2D eigenvalue weighted by Gasteiger charge is 2.21. The van der Waals surface area contributed by atoms with Crippen LogP contribution in [0.5, 0.6) is 5.75 Å². The lowest BCUT2D eigenvalue weighted by molar-refractivity contribution is 0.219. The fourth-order valence-electron chi connectivity index (χ4n) is 1.34. The number of nitrogen functional groups attached to an aromatic ring is 1. The summed E-state index contributed by atoms with van der Waals surface area (Å²) in [4.78, 5) is 0. The molecule has 0 heterocycles. The SMILES string of the molecule is CCC(C)(CO)Nc1cc(OC)ccc1N. The van der Waals surface area contributed by atoms with E-state index in [1.54, 1.807) is 13.2 Å². The van der Waals surface area contributed by atoms with Gasteiger partial charge in [-0.1, -0.05) is 6.92 Å². The molecule has 4 nitrogen and oxygen atoms in total. The Hall–Kier alpha value is -1.42. The van der Waals surface area contributed by atoms with Crippen molar-refractivity contribution in [2.45, 2.75) is 25.8 Å². The van der Waals surface area contributed by atoms with Gasteiger partial charge in [0.2, 0.25) is 0 Å². The van der Waals surface area contributed by atoms with E-state index in [0.717, 1.165) is 17.9 Å². The fourth-order valence-corrected chi connectivity index (χ4v) is 1.34. The highest BCUT2D eigenvalue weighted by atomic mass is 16.5. The van der Waals surface area contributed by atoms with Crippen LogP contribution in [0.3, 0.4) is 0 Å². The highest BCUT2D eigenvalue weighted by molar-refractivity contribution is 5.69. The van der Waals surface area contributed by atoms with Crippen molar-refractivity contribution >= 4 is 11.4 Å². The molecule has 0 fully saturated rings. The molecule has 1 unspecified atom stereocenters. The Morgan fingerprint density at radius 3 is 2.69 bits per heavy atom. The number of hydrogen-bond acceptors (Lipinski definition) is 4. The van der Waals surface area contributed by atoms with Gasteiger partial charge < -0.3 is 20.9 Å². The fraction of sp³-hybridized carbons (Fsp3) is 0.500. The molecule has 0 aliphatic carbocycles. The maximum Gasteiger partial charge on any atom is 0.121 e. The van der Waals surface area contributed by atoms with E-state index >= 15 is 0 Å². The molecule has 1 rings (SSSR count). The highest BCUT2D eigenvalue weighted by Crippen LogP contribution is 2.28. The van der Waals surface area contributed by atoms with Crippen LogP contribution in [0, 0.1) is 0 Å². The summed E-state index contributed by atoms with van der Waals surface area (Å²) in [6, 6.07) is 5.43. The maximum atomic E-state index is 9.33. The third kappa shape index (κ3) is 2.79. The van der Waals surface area contributed by atoms with Gasteiger partial charge in [-0.15, -0.1) is 0 Å². The first kappa shape index (κ1) is 12.6. The van der Waals surface area contributed by atoms with Crippen molar-refractivity contribution in [2.75, 3.05) is 24.8 Å². The summed E-state index contributed by atoms with van der Waals surface area (Å²) in [7, 11) is 1.61. The molecule has 4 heteroatoms. The van der Waals surface area contributed by atoms with Crippen LogP contribution < -0.4 is 15.8 Å². The minimum absolute atomic E-state index is 0.0557. The van der Waals surface area contributed by atoms with Crippen LogP contribution in [0.25, 0.3) is 0 Å². The van der Waals surface area contributed by atoms with E-state index < -0.39 is 0 Å². The molecule has 4 N–H and O–H groups in total. The Balaban J connectivity index is 2.95. The summed E-state index contributed by atoms with van der Waals surface area (Å²) in [5.41, 5.74) is 6.94. The van der Waals surface area contributed by atoms with Gasteiger partial charge in [0.05, 0.1) is 30.6 Å². The van der Waals surface area contributed by atoms with Crippen LogP contribution in [0.4, 0.5) is 11.4 Å². The summed E-state index contributed by atoms with van der Waals surface area (Å²) >= 11 is 0. The van der Waals surface area contributed by atoms with Crippen molar-refractivity contribution in [3.63, 3.8) is 0 Å². The second kappa shape index (κ2) is 5.07. The van der Waals surface area contributed by atoms with Crippen molar-refractivity contribution in [3.05, 3.63) is 18.2 Å². The summed E-state index contributed by atoms with van der Waals surface area (Å²) < 4.78 is 5.13. The molecule has 0 aromatic heterocycles. The molecular weight excluding hydrogens is 204 g/mol. The third-order valence-electron chi connectivity index (χ3n) is 2.83. The molecule has 16 heavy (non-hydrogen) atoms. The molecule has 1 aromatic carbocycles. The van der Waals surface area contributed by atoms with Gasteiger partial charge in [-0.05, 0) is 25.5 Å². The van der Waals surface area contributed by atoms with Crippen molar-refractivity contribution < 1.29 is 9.84 Å². The van der Waals surface area contributed by atoms with Gasteiger partial charge in [-0.25, -0.2) is 0 Å². The zero-order valence-electron chi connectivity index (χ0n) is 10.1. The van der Waals surface area contributed by atoms with Crippen LogP contribution in [-0.4, -0.2) is 24.4 Å². The van der Waals surface area contributed by atoms with E-state index in [1.807, 2.05) is 26.0 Å². The minimum Gasteiger partial charge on any atom is -0.497 e. The summed E-state index contributed by atoms with van der Waals surface area (Å²) in [5.74, 6) is 0.744. The van der Waals surface area contributed by atoms with Gasteiger partial charge >= 0.3 is 0 Å². The van der Waals surface area contributed by atoms with E-state index in [0.29, 0.717) is 5.69 Å². The number of hydrogen-bond donors (Lipinski definition) is 3. The number of ether oxygens (including phenoxy) is 1. The first-order valence-electron chi connectivity index (χ1n) is 5.37. The van der Waals surface area contributed by atoms with E-state index in [9.17, 15) is 5.11 Å². The quantitative estimate of drug-likeness (QED) is 0.668. The molecule has 1 aromatic rings. The Kier molecular flexibility index (Phi) is 4.01. The second-order valence-electron chi connectivity index (χ2n) is 4.15. The van der Waals surface area contributed by atoms with Crippen LogP contribution in [0.15, 0.2) is 18.2 Å². The zero-order chi connectivity index (χ0) is 12.2. The summed E-state index contributed by atoms with van der Waals surface area (Å²) in [6.45, 7) is 4.02. The predicted octanol–water partition coefficient (Wildman–Crippen LogP) is 1.85. The smallest absolute Gasteiger partial charge is 0.121 e. The lowest BCUT2D eigenvalue weighted by Crippen LogP contribution is -2.38. The van der Waals surface area contributed by atoms with Gasteiger partial charge in [-0.3, -0.25) is 0 Å². The second-order valence-corrected chi connectivity index (χ2v) is 4.15. The molecule has 0 amide bonds. The maximum absolute atomic E-state index is 9.33. The van der Waals surface area contributed by atoms with E-state index in [1.165, 1.54) is 0 Å². The number of aliphatic hydroxyl groups is 1. The Morgan fingerprint density at radius 1 is 1.50 bits per heavy atom. The molecule has 0 radical (unpaired) electrons. The van der Waals surface area contributed by atoms with Crippen LogP contribution in [0.1, 0.15) is 20.3 Å². The van der Waals surface area contributed by atoms with Crippen LogP contribution in [-0.2, 0) is 0 Å². The molecule has 0 bridgehead atoms. The van der Waals surface area contributed by atoms with Crippen LogP contribution in [0.2, 0.25) is 0 Å². The average Bonchev–Trinajstić information content (AvgIpc) is 2.32. The number of benzene rings is 1. The molecule has 90 valence electrons. The molecule has 0 spiro atoms. The summed E-state index contributed by atoms with van der Waals surface area (Å²) in [6.07, 6.45) is 0.806. The zero-order valence-corrected chi connectivity index (χ0v) is 10.1. The Bertz CT molecular complexity index is 349. The van der Waals surface area contributed by atoms with Crippen molar-refractivity contribution in [1.29, 1.82) is 0 Å². The predicted molar refractivity (Wildman–Crippen MR) is 66.8 cm³/mol. The molecular formula is C12H20N2O2. The van der Waals surface area contributed by atoms with E-state index in [4.69, 9.17) is 10.5 Å². The molecule has 0 saturated heterocycles. The van der Waals surface area contributed by atoms with Crippen molar-refractivity contribution in [1.82, 2.24) is 0 Å². The molecule has 1 atom stereocenters. The van der Waals surface area contributed by atoms with Gasteiger partial charge in [0.25, 0.3) is 0 Å². The average molecular weight is 224 g/mol. The standard InChI is InChI=1S/C12H20N2O2/c1-4-12(2,8-15)14-11-7-9(16-3)5-6-10(11)13/h5-7,14-15H,4,8,13H2,1-3H3. The summed E-state index contributed by atoms with van der Waals surface area (Å²) in [5, 5.41) is 12.6. The number of aliphatic hydroxyl groups excluding tert-OH is 1. The van der Waals surface area contributed by atoms with Gasteiger partial charge in [0, 0.05) is 6.07 Å². The monoisotopic (exact) mass is 224 g/mol. The lowest BCUT2D eigenvalue weighted by atomic mass is 9.99. The van der Waals surface area contributed by atoms with E-state index in [2.05, 4.69) is 5.32 Å². The Labute approximate surface area is 96.4 Å². The lowest BCUT2D eigenvalue weighted by Gasteiger charge is -2.29. The first-order valence-corrected chi connectivity index (χ1v) is 5.37. The van der Waals surface area contributed by atoms with E-state index in [-0.39, 0.29) is 12.1 Å². The first-order chi connectivity index (χ1) is 7.54. The van der Waals surface area contributed by atoms with Crippen LogP contribution >= 0.6 is 0 Å². The number of nitrogens with one attached hydrogen (secondary N) is 1. The number of rotatable bonds is 5. The van der Waals surface area contributed by atoms with Gasteiger partial charge in [0.15, 0.2) is 0 Å². The van der Waals surface area contributed by atoms with Gasteiger partial charge in [0.1, 0.15) is 5.75 Å². The molecule has 0 saturated carbocycles. The number of methoxy groups -OCH3 is 1. The minimum atomic E-state index is -0.361. The normalized spacial score (nSPS) is 14.2. The Morgan fingerprint density at radius 2 is 2.19 bits per heavy atom. The van der Waals surface area contributed by atoms with Crippen molar-refractivity contribution in [2.24, 2.45) is 0 Å². The van der Waals surface area contributed by atoms with Crippen molar-refractivity contribution in [3.8, 4) is 5.75 Å². The molecule has 0 aliphatic heterocycles. The largest absolute Gasteiger partial charge is 0.497 e. The molecule has 0 aliphatic rings.